The van der Waals surface area contributed by atoms with Crippen molar-refractivity contribution in [3.63, 3.8) is 0 Å². The lowest BCUT2D eigenvalue weighted by Gasteiger charge is -2.27. The number of nitriles is 1. The summed E-state index contributed by atoms with van der Waals surface area (Å²) in [6.07, 6.45) is 3.84. The number of hydrogen-bond donors (Lipinski definition) is 0. The molecule has 29 heavy (non-hydrogen) atoms. The van der Waals surface area contributed by atoms with E-state index in [1.54, 1.807) is 6.07 Å². The van der Waals surface area contributed by atoms with Crippen molar-refractivity contribution >= 4 is 5.97 Å². The smallest absolute Gasteiger partial charge is 0.314 e. The van der Waals surface area contributed by atoms with Gasteiger partial charge >= 0.3 is 5.97 Å². The van der Waals surface area contributed by atoms with E-state index in [-0.39, 0.29) is 5.92 Å². The van der Waals surface area contributed by atoms with Crippen LogP contribution >= 0.6 is 0 Å². The molecule has 1 saturated carbocycles. The molecule has 2 aromatic rings. The first-order chi connectivity index (χ1) is 14.0. The third-order valence-electron chi connectivity index (χ3n) is 5.26. The zero-order valence-corrected chi connectivity index (χ0v) is 16.3. The normalized spacial score (nSPS) is 18.7. The number of halogens is 2. The Kier molecular flexibility index (Phi) is 6.82. The number of esters is 1. The number of benzene rings is 2. The van der Waals surface area contributed by atoms with Gasteiger partial charge in [0, 0.05) is 0 Å². The first kappa shape index (κ1) is 20.8. The van der Waals surface area contributed by atoms with Crippen LogP contribution in [0.3, 0.4) is 0 Å². The minimum absolute atomic E-state index is 0.350. The van der Waals surface area contributed by atoms with E-state index in [4.69, 9.17) is 14.7 Å². The lowest BCUT2D eigenvalue weighted by Crippen LogP contribution is -2.25. The van der Waals surface area contributed by atoms with Crippen molar-refractivity contribution < 1.29 is 23.0 Å². The van der Waals surface area contributed by atoms with E-state index < -0.39 is 28.9 Å². The molecule has 0 atom stereocenters. The average Bonchev–Trinajstić information content (AvgIpc) is 2.76. The second-order valence-electron chi connectivity index (χ2n) is 7.24. The molecule has 1 fully saturated rings. The van der Waals surface area contributed by atoms with Crippen LogP contribution in [0.5, 0.6) is 11.5 Å². The van der Waals surface area contributed by atoms with Crippen molar-refractivity contribution in [2.24, 2.45) is 5.92 Å². The molecule has 0 unspecified atom stereocenters. The van der Waals surface area contributed by atoms with Crippen LogP contribution in [0.25, 0.3) is 0 Å². The van der Waals surface area contributed by atoms with Crippen LogP contribution in [-0.4, -0.2) is 12.6 Å². The molecule has 3 rings (SSSR count). The summed E-state index contributed by atoms with van der Waals surface area (Å²) in [5, 5.41) is 8.72. The summed E-state index contributed by atoms with van der Waals surface area (Å²) in [4.78, 5) is 12.4. The van der Waals surface area contributed by atoms with E-state index >= 15 is 0 Å². The molecule has 4 nitrogen and oxygen atoms in total. The van der Waals surface area contributed by atoms with Gasteiger partial charge in [-0.1, -0.05) is 19.1 Å². The Hall–Kier alpha value is -2.94. The van der Waals surface area contributed by atoms with Crippen molar-refractivity contribution in [3.8, 4) is 17.6 Å². The second-order valence-corrected chi connectivity index (χ2v) is 7.24. The van der Waals surface area contributed by atoms with Crippen molar-refractivity contribution in [2.45, 2.75) is 44.9 Å². The Morgan fingerprint density at radius 2 is 1.76 bits per heavy atom. The van der Waals surface area contributed by atoms with Crippen molar-refractivity contribution in [1.29, 1.82) is 5.26 Å². The van der Waals surface area contributed by atoms with E-state index in [9.17, 15) is 13.6 Å². The Balaban J connectivity index is 1.56. The lowest BCUT2D eigenvalue weighted by molar-refractivity contribution is -0.140. The number of hydrogen-bond acceptors (Lipinski definition) is 4. The Bertz CT molecular complexity index is 898. The number of carbonyl (C=O) groups excluding carboxylic acids is 1. The van der Waals surface area contributed by atoms with Crippen molar-refractivity contribution in [2.75, 3.05) is 6.61 Å². The van der Waals surface area contributed by atoms with Gasteiger partial charge in [0.15, 0.2) is 11.6 Å². The number of carbonyl (C=O) groups is 1. The predicted octanol–water partition coefficient (Wildman–Crippen LogP) is 5.50. The van der Waals surface area contributed by atoms with Gasteiger partial charge in [-0.25, -0.2) is 4.39 Å². The van der Waals surface area contributed by atoms with Crippen molar-refractivity contribution in [3.05, 3.63) is 59.2 Å². The average molecular weight is 399 g/mol. The van der Waals surface area contributed by atoms with Gasteiger partial charge in [-0.05, 0) is 67.9 Å². The summed E-state index contributed by atoms with van der Waals surface area (Å²) in [6, 6.07) is 11.8. The van der Waals surface area contributed by atoms with Crippen LogP contribution in [-0.2, 0) is 4.79 Å². The summed E-state index contributed by atoms with van der Waals surface area (Å²) in [5.74, 6) is -2.79. The molecule has 0 aliphatic heterocycles. The zero-order valence-electron chi connectivity index (χ0n) is 16.3. The van der Waals surface area contributed by atoms with Crippen LogP contribution in [0.15, 0.2) is 36.4 Å². The van der Waals surface area contributed by atoms with Crippen LogP contribution in [0.2, 0.25) is 0 Å². The summed E-state index contributed by atoms with van der Waals surface area (Å²) in [5.41, 5.74) is 0.787. The van der Waals surface area contributed by atoms with E-state index in [0.29, 0.717) is 25.4 Å². The van der Waals surface area contributed by atoms with Gasteiger partial charge < -0.3 is 9.47 Å². The molecule has 152 valence electrons. The Morgan fingerprint density at radius 1 is 1.07 bits per heavy atom. The second kappa shape index (κ2) is 9.51. The molecule has 1 aliphatic rings. The summed E-state index contributed by atoms with van der Waals surface area (Å²) >= 11 is 0. The highest BCUT2D eigenvalue weighted by molar-refractivity contribution is 5.75. The van der Waals surface area contributed by atoms with E-state index in [2.05, 4.69) is 19.1 Å². The molecule has 0 N–H and O–H groups in total. The zero-order chi connectivity index (χ0) is 20.8. The largest absolute Gasteiger partial charge is 0.494 e. The molecular weight excluding hydrogens is 376 g/mol. The van der Waals surface area contributed by atoms with Crippen LogP contribution in [0.4, 0.5) is 8.78 Å². The Labute approximate surface area is 169 Å². The number of rotatable bonds is 6. The van der Waals surface area contributed by atoms with Gasteiger partial charge in [0.05, 0.1) is 18.1 Å². The molecule has 0 bridgehead atoms. The fourth-order valence-electron chi connectivity index (χ4n) is 3.61. The standard InChI is InChI=1S/C23H23F2NO3/c1-2-13-28-19-10-7-16(8-11-19)15-3-5-17(6-4-15)23(27)29-20-12-9-18(14-26)21(24)22(20)25/h7-12,15,17H,2-6,13H2,1H3. The molecule has 0 spiro atoms. The lowest BCUT2D eigenvalue weighted by atomic mass is 9.79. The maximum Gasteiger partial charge on any atom is 0.314 e. The highest BCUT2D eigenvalue weighted by Crippen LogP contribution is 2.37. The maximum absolute atomic E-state index is 14.0. The summed E-state index contributed by atoms with van der Waals surface area (Å²) < 4.78 is 38.3. The third kappa shape index (κ3) is 4.92. The molecule has 0 aromatic heterocycles. The molecule has 2 aromatic carbocycles. The highest BCUT2D eigenvalue weighted by Gasteiger charge is 2.29. The molecule has 1 aliphatic carbocycles. The molecular formula is C23H23F2NO3. The molecule has 0 saturated heterocycles. The van der Waals surface area contributed by atoms with Gasteiger partial charge in [0.2, 0.25) is 5.82 Å². The van der Waals surface area contributed by atoms with Gasteiger partial charge in [0.25, 0.3) is 0 Å². The Morgan fingerprint density at radius 3 is 2.38 bits per heavy atom. The highest BCUT2D eigenvalue weighted by atomic mass is 19.2. The minimum atomic E-state index is -1.31. The summed E-state index contributed by atoms with van der Waals surface area (Å²) in [6.45, 7) is 2.75. The fourth-order valence-corrected chi connectivity index (χ4v) is 3.61. The van der Waals surface area contributed by atoms with Gasteiger partial charge in [0.1, 0.15) is 11.8 Å². The molecule has 0 heterocycles. The first-order valence-corrected chi connectivity index (χ1v) is 9.86. The van der Waals surface area contributed by atoms with Crippen LogP contribution in [0, 0.1) is 28.9 Å². The quantitative estimate of drug-likeness (QED) is 0.475. The number of ether oxygens (including phenoxy) is 2. The SMILES string of the molecule is CCCOc1ccc(C2CCC(C(=O)Oc3ccc(C#N)c(F)c3F)CC2)cc1. The van der Waals surface area contributed by atoms with Gasteiger partial charge in [-0.2, -0.15) is 9.65 Å². The molecule has 0 radical (unpaired) electrons. The van der Waals surface area contributed by atoms with E-state index in [1.807, 2.05) is 12.1 Å². The first-order valence-electron chi connectivity index (χ1n) is 9.86. The van der Waals surface area contributed by atoms with Gasteiger partial charge in [-0.15, -0.1) is 0 Å². The van der Waals surface area contributed by atoms with Crippen LogP contribution in [0.1, 0.15) is 56.1 Å². The topological polar surface area (TPSA) is 59.3 Å². The maximum atomic E-state index is 14.0. The van der Waals surface area contributed by atoms with Gasteiger partial charge in [-0.3, -0.25) is 4.79 Å². The van der Waals surface area contributed by atoms with E-state index in [0.717, 1.165) is 37.1 Å². The summed E-state index contributed by atoms with van der Waals surface area (Å²) in [7, 11) is 0. The van der Waals surface area contributed by atoms with Crippen molar-refractivity contribution in [1.82, 2.24) is 0 Å². The van der Waals surface area contributed by atoms with E-state index in [1.165, 1.54) is 5.56 Å². The number of nitrogens with zero attached hydrogens (tertiary/aromatic N) is 1. The molecule has 0 amide bonds. The third-order valence-corrected chi connectivity index (χ3v) is 5.26. The fraction of sp³-hybridized carbons (Fsp3) is 0.391. The van der Waals surface area contributed by atoms with Crippen LogP contribution < -0.4 is 9.47 Å². The molecule has 6 heteroatoms. The monoisotopic (exact) mass is 399 g/mol. The predicted molar refractivity (Wildman–Crippen MR) is 104 cm³/mol. The minimum Gasteiger partial charge on any atom is -0.494 e.